The summed E-state index contributed by atoms with van der Waals surface area (Å²) in [6.45, 7) is 3.37. The van der Waals surface area contributed by atoms with Gasteiger partial charge in [0.2, 0.25) is 5.91 Å². The smallest absolute Gasteiger partial charge is 0.241 e. The molecule has 1 amide bonds. The molecule has 1 rings (SSSR count). The first-order valence-corrected chi connectivity index (χ1v) is 7.66. The second-order valence-electron chi connectivity index (χ2n) is 5.31. The fraction of sp³-hybridized carbons (Fsp3) is 0.562. The number of carbonyl (C=O) groups excluding carboxylic acids is 1. The molecular formula is C16H27N5O2. The van der Waals surface area contributed by atoms with E-state index in [1.54, 1.807) is 32.3 Å². The fourth-order valence-corrected chi connectivity index (χ4v) is 1.97. The third-order valence-corrected chi connectivity index (χ3v) is 3.29. The van der Waals surface area contributed by atoms with Crippen molar-refractivity contribution in [1.82, 2.24) is 20.5 Å². The Kier molecular flexibility index (Phi) is 8.67. The average molecular weight is 321 g/mol. The van der Waals surface area contributed by atoms with E-state index in [0.717, 1.165) is 12.1 Å². The molecular weight excluding hydrogens is 294 g/mol. The van der Waals surface area contributed by atoms with Gasteiger partial charge in [-0.25, -0.2) is 0 Å². The van der Waals surface area contributed by atoms with Gasteiger partial charge < -0.3 is 20.3 Å². The molecule has 0 aliphatic rings. The van der Waals surface area contributed by atoms with Gasteiger partial charge in [0, 0.05) is 52.1 Å². The molecule has 1 atom stereocenters. The maximum absolute atomic E-state index is 12.1. The maximum Gasteiger partial charge on any atom is 0.241 e. The van der Waals surface area contributed by atoms with Crippen LogP contribution in [-0.2, 0) is 16.0 Å². The number of guanidine groups is 1. The van der Waals surface area contributed by atoms with E-state index in [0.29, 0.717) is 19.1 Å². The molecule has 0 saturated carbocycles. The van der Waals surface area contributed by atoms with E-state index in [-0.39, 0.29) is 18.5 Å². The molecule has 1 aromatic rings. The molecule has 0 bridgehead atoms. The van der Waals surface area contributed by atoms with Gasteiger partial charge in [0.1, 0.15) is 0 Å². The van der Waals surface area contributed by atoms with Crippen LogP contribution in [0.1, 0.15) is 12.6 Å². The van der Waals surface area contributed by atoms with Gasteiger partial charge in [-0.1, -0.05) is 6.07 Å². The van der Waals surface area contributed by atoms with Gasteiger partial charge in [-0.15, -0.1) is 0 Å². The molecule has 128 valence electrons. The van der Waals surface area contributed by atoms with Crippen LogP contribution in [-0.4, -0.2) is 68.7 Å². The van der Waals surface area contributed by atoms with Crippen LogP contribution in [0.15, 0.2) is 29.4 Å². The Hall–Kier alpha value is -2.15. The molecule has 1 unspecified atom stereocenters. The van der Waals surface area contributed by atoms with E-state index < -0.39 is 0 Å². The van der Waals surface area contributed by atoms with Crippen LogP contribution in [0.5, 0.6) is 0 Å². The van der Waals surface area contributed by atoms with Crippen molar-refractivity contribution in [3.05, 3.63) is 30.1 Å². The topological polar surface area (TPSA) is 78.9 Å². The van der Waals surface area contributed by atoms with E-state index in [4.69, 9.17) is 4.74 Å². The van der Waals surface area contributed by atoms with Crippen LogP contribution < -0.4 is 10.6 Å². The van der Waals surface area contributed by atoms with Crippen molar-refractivity contribution in [2.45, 2.75) is 19.4 Å². The third-order valence-electron chi connectivity index (χ3n) is 3.29. The zero-order chi connectivity index (χ0) is 17.1. The number of carbonyl (C=O) groups is 1. The summed E-state index contributed by atoms with van der Waals surface area (Å²) in [7, 11) is 5.11. The van der Waals surface area contributed by atoms with E-state index in [2.05, 4.69) is 20.6 Å². The molecule has 0 aliphatic heterocycles. The van der Waals surface area contributed by atoms with Crippen LogP contribution in [0.25, 0.3) is 0 Å². The van der Waals surface area contributed by atoms with Gasteiger partial charge in [-0.05, 0) is 19.1 Å². The number of methoxy groups -OCH3 is 1. The van der Waals surface area contributed by atoms with Crippen LogP contribution >= 0.6 is 0 Å². The lowest BCUT2D eigenvalue weighted by atomic mass is 10.2. The predicted molar refractivity (Wildman–Crippen MR) is 91.4 cm³/mol. The number of likely N-dealkylation sites (N-methyl/N-ethyl adjacent to an activating group) is 1. The van der Waals surface area contributed by atoms with Crippen molar-refractivity contribution >= 4 is 11.9 Å². The number of ether oxygens (including phenoxy) is 1. The summed E-state index contributed by atoms with van der Waals surface area (Å²) in [6, 6.07) is 5.90. The zero-order valence-electron chi connectivity index (χ0n) is 14.4. The van der Waals surface area contributed by atoms with E-state index in [1.807, 2.05) is 25.1 Å². The molecule has 0 aromatic carbocycles. The lowest BCUT2D eigenvalue weighted by Gasteiger charge is -2.20. The van der Waals surface area contributed by atoms with Crippen molar-refractivity contribution in [2.24, 2.45) is 4.99 Å². The highest BCUT2D eigenvalue weighted by Gasteiger charge is 2.11. The molecule has 23 heavy (non-hydrogen) atoms. The highest BCUT2D eigenvalue weighted by molar-refractivity contribution is 5.86. The summed E-state index contributed by atoms with van der Waals surface area (Å²) < 4.78 is 5.06. The Bertz CT molecular complexity index is 493. The number of hydrogen-bond acceptors (Lipinski definition) is 4. The number of amides is 1. The van der Waals surface area contributed by atoms with Gasteiger partial charge >= 0.3 is 0 Å². The molecule has 0 saturated heterocycles. The van der Waals surface area contributed by atoms with Crippen molar-refractivity contribution in [2.75, 3.05) is 40.9 Å². The number of nitrogens with one attached hydrogen (secondary N) is 2. The maximum atomic E-state index is 12.1. The summed E-state index contributed by atoms with van der Waals surface area (Å²) >= 11 is 0. The van der Waals surface area contributed by atoms with Crippen LogP contribution in [0.2, 0.25) is 0 Å². The number of aromatic nitrogens is 1. The fourth-order valence-electron chi connectivity index (χ4n) is 1.97. The number of rotatable bonds is 8. The minimum absolute atomic E-state index is 0.00303. The first kappa shape index (κ1) is 18.9. The minimum Gasteiger partial charge on any atom is -0.383 e. The normalized spacial score (nSPS) is 12.6. The summed E-state index contributed by atoms with van der Waals surface area (Å²) in [5.41, 5.74) is 0.978. The second-order valence-corrected chi connectivity index (χ2v) is 5.31. The Morgan fingerprint density at radius 1 is 1.48 bits per heavy atom. The highest BCUT2D eigenvalue weighted by atomic mass is 16.5. The number of nitrogens with zero attached hydrogens (tertiary/aromatic N) is 3. The monoisotopic (exact) mass is 321 g/mol. The molecule has 0 fully saturated rings. The zero-order valence-corrected chi connectivity index (χ0v) is 14.4. The van der Waals surface area contributed by atoms with Crippen molar-refractivity contribution in [3.8, 4) is 0 Å². The second kappa shape index (κ2) is 10.6. The third kappa shape index (κ3) is 7.60. The van der Waals surface area contributed by atoms with Crippen LogP contribution in [0.3, 0.4) is 0 Å². The van der Waals surface area contributed by atoms with E-state index in [9.17, 15) is 4.79 Å². The van der Waals surface area contributed by atoms with Crippen LogP contribution in [0.4, 0.5) is 0 Å². The molecule has 1 aromatic heterocycles. The van der Waals surface area contributed by atoms with Crippen LogP contribution in [0, 0.1) is 0 Å². The Balaban J connectivity index is 2.33. The van der Waals surface area contributed by atoms with Crippen molar-refractivity contribution in [3.63, 3.8) is 0 Å². The summed E-state index contributed by atoms with van der Waals surface area (Å²) in [5, 5.41) is 6.17. The lowest BCUT2D eigenvalue weighted by molar-refractivity contribution is -0.128. The molecule has 0 spiro atoms. The molecule has 0 aliphatic carbocycles. The number of pyridine rings is 1. The molecule has 7 heteroatoms. The predicted octanol–water partition coefficient (Wildman–Crippen LogP) is 0.282. The van der Waals surface area contributed by atoms with Gasteiger partial charge in [-0.3, -0.25) is 14.8 Å². The Morgan fingerprint density at radius 3 is 2.87 bits per heavy atom. The molecule has 7 nitrogen and oxygen atoms in total. The standard InChI is InChI=1S/C16H27N5O2/c1-13(12-23-4)20-16(17-2)19-11-15(22)21(3)10-8-14-7-5-6-9-18-14/h5-7,9,13H,8,10-12H2,1-4H3,(H2,17,19,20). The summed E-state index contributed by atoms with van der Waals surface area (Å²) in [5.74, 6) is 0.587. The Morgan fingerprint density at radius 2 is 2.26 bits per heavy atom. The largest absolute Gasteiger partial charge is 0.383 e. The summed E-state index contributed by atoms with van der Waals surface area (Å²) in [6.07, 6.45) is 2.50. The summed E-state index contributed by atoms with van der Waals surface area (Å²) in [4.78, 5) is 22.2. The van der Waals surface area contributed by atoms with Gasteiger partial charge in [0.15, 0.2) is 5.96 Å². The molecule has 0 radical (unpaired) electrons. The molecule has 2 N–H and O–H groups in total. The van der Waals surface area contributed by atoms with Gasteiger partial charge in [0.05, 0.1) is 13.2 Å². The Labute approximate surface area is 138 Å². The first-order chi connectivity index (χ1) is 11.1. The molecule has 1 heterocycles. The quantitative estimate of drug-likeness (QED) is 0.531. The van der Waals surface area contributed by atoms with Gasteiger partial charge in [-0.2, -0.15) is 0 Å². The average Bonchev–Trinajstić information content (AvgIpc) is 2.57. The van der Waals surface area contributed by atoms with E-state index in [1.165, 1.54) is 0 Å². The highest BCUT2D eigenvalue weighted by Crippen LogP contribution is 1.96. The lowest BCUT2D eigenvalue weighted by Crippen LogP contribution is -2.47. The first-order valence-electron chi connectivity index (χ1n) is 7.66. The van der Waals surface area contributed by atoms with Crippen molar-refractivity contribution in [1.29, 1.82) is 0 Å². The van der Waals surface area contributed by atoms with Gasteiger partial charge in [0.25, 0.3) is 0 Å². The minimum atomic E-state index is 0.00303. The van der Waals surface area contributed by atoms with E-state index >= 15 is 0 Å². The number of aliphatic imine (C=N–C) groups is 1. The SMILES string of the molecule is CN=C(NCC(=O)N(C)CCc1ccccn1)NC(C)COC. The number of hydrogen-bond donors (Lipinski definition) is 2. The van der Waals surface area contributed by atoms with Crippen molar-refractivity contribution < 1.29 is 9.53 Å².